The molecular formula is C10H12F10O3. The van der Waals surface area contributed by atoms with Crippen LogP contribution in [0, 0.1) is 0 Å². The molecule has 0 rings (SSSR count). The van der Waals surface area contributed by atoms with Crippen LogP contribution < -0.4 is 0 Å². The SMILES string of the molecule is OC(O)(O)C(F)C(F)C(F)C(F)C(F)C(F)C(F)C(F)C(F)F. The van der Waals surface area contributed by atoms with Crippen LogP contribution in [0.25, 0.3) is 0 Å². The van der Waals surface area contributed by atoms with E-state index in [0.29, 0.717) is 0 Å². The first-order valence-electron chi connectivity index (χ1n) is 5.81. The van der Waals surface area contributed by atoms with E-state index in [2.05, 4.69) is 0 Å². The van der Waals surface area contributed by atoms with Crippen LogP contribution in [0.2, 0.25) is 0 Å². The third-order valence-electron chi connectivity index (χ3n) is 2.72. The molecule has 23 heavy (non-hydrogen) atoms. The summed E-state index contributed by atoms with van der Waals surface area (Å²) < 4.78 is 127. The van der Waals surface area contributed by atoms with Crippen LogP contribution in [0.3, 0.4) is 0 Å². The van der Waals surface area contributed by atoms with Crippen molar-refractivity contribution in [1.29, 1.82) is 0 Å². The summed E-state index contributed by atoms with van der Waals surface area (Å²) in [5.41, 5.74) is 0. The van der Waals surface area contributed by atoms with E-state index in [9.17, 15) is 43.9 Å². The van der Waals surface area contributed by atoms with E-state index < -0.39 is 61.8 Å². The van der Waals surface area contributed by atoms with Crippen molar-refractivity contribution in [3.05, 3.63) is 0 Å². The highest BCUT2D eigenvalue weighted by molar-refractivity contribution is 4.94. The normalized spacial score (nSPS) is 23.7. The van der Waals surface area contributed by atoms with E-state index in [1.807, 2.05) is 0 Å². The first-order chi connectivity index (χ1) is 10.2. The lowest BCUT2D eigenvalue weighted by Gasteiger charge is -2.28. The maximum Gasteiger partial charge on any atom is 0.311 e. The Kier molecular flexibility index (Phi) is 8.03. The highest BCUT2D eigenvalue weighted by Gasteiger charge is 2.51. The fourth-order valence-corrected chi connectivity index (χ4v) is 1.39. The van der Waals surface area contributed by atoms with Crippen LogP contribution in [0.5, 0.6) is 0 Å². The predicted molar refractivity (Wildman–Crippen MR) is 54.6 cm³/mol. The third-order valence-corrected chi connectivity index (χ3v) is 2.72. The van der Waals surface area contributed by atoms with E-state index in [-0.39, 0.29) is 0 Å². The Morgan fingerprint density at radius 3 is 0.957 bits per heavy atom. The van der Waals surface area contributed by atoms with Crippen molar-refractivity contribution in [1.82, 2.24) is 0 Å². The summed E-state index contributed by atoms with van der Waals surface area (Å²) in [4.78, 5) is 0. The maximum atomic E-state index is 13.1. The molecule has 0 fully saturated rings. The molecule has 8 unspecified atom stereocenters. The number of alkyl halides is 10. The fraction of sp³-hybridized carbons (Fsp3) is 1.00. The van der Waals surface area contributed by atoms with E-state index in [0.717, 1.165) is 0 Å². The zero-order chi connectivity index (χ0) is 18.7. The van der Waals surface area contributed by atoms with Crippen molar-refractivity contribution in [2.75, 3.05) is 0 Å². The third kappa shape index (κ3) is 5.64. The van der Waals surface area contributed by atoms with E-state index in [4.69, 9.17) is 15.3 Å². The van der Waals surface area contributed by atoms with Gasteiger partial charge in [-0.3, -0.25) is 0 Å². The molecule has 0 aromatic carbocycles. The topological polar surface area (TPSA) is 60.7 Å². The summed E-state index contributed by atoms with van der Waals surface area (Å²) in [6, 6.07) is 0. The number of halogens is 10. The first-order valence-corrected chi connectivity index (χ1v) is 5.81. The summed E-state index contributed by atoms with van der Waals surface area (Å²) in [5.74, 6) is -4.49. The van der Waals surface area contributed by atoms with Gasteiger partial charge < -0.3 is 15.3 Å². The molecular weight excluding hydrogens is 358 g/mol. The highest BCUT2D eigenvalue weighted by Crippen LogP contribution is 2.30. The Morgan fingerprint density at radius 2 is 0.696 bits per heavy atom. The molecule has 0 saturated carbocycles. The zero-order valence-corrected chi connectivity index (χ0v) is 10.8. The average Bonchev–Trinajstić information content (AvgIpc) is 2.47. The van der Waals surface area contributed by atoms with Gasteiger partial charge in [-0.05, 0) is 0 Å². The summed E-state index contributed by atoms with van der Waals surface area (Å²) in [6.07, 6.45) is -35.8. The average molecular weight is 370 g/mol. The Balaban J connectivity index is 4.96. The number of rotatable bonds is 9. The Labute approximate surface area is 122 Å². The molecule has 0 spiro atoms. The molecule has 0 radical (unpaired) electrons. The molecule has 0 heterocycles. The van der Waals surface area contributed by atoms with Crippen LogP contribution >= 0.6 is 0 Å². The molecule has 3 N–H and O–H groups in total. The molecule has 140 valence electrons. The second-order valence-electron chi connectivity index (χ2n) is 4.53. The first kappa shape index (κ1) is 22.2. The highest BCUT2D eigenvalue weighted by atomic mass is 19.3. The van der Waals surface area contributed by atoms with Gasteiger partial charge in [0, 0.05) is 0 Å². The Bertz CT molecular complexity index is 354. The molecule has 0 saturated heterocycles. The lowest BCUT2D eigenvalue weighted by molar-refractivity contribution is -0.352. The Hall–Kier alpha value is -0.820. The van der Waals surface area contributed by atoms with Crippen LogP contribution in [0.4, 0.5) is 43.9 Å². The molecule has 0 amide bonds. The van der Waals surface area contributed by atoms with E-state index in [1.165, 1.54) is 0 Å². The monoisotopic (exact) mass is 370 g/mol. The van der Waals surface area contributed by atoms with Crippen LogP contribution in [-0.4, -0.2) is 77.1 Å². The lowest BCUT2D eigenvalue weighted by Crippen LogP contribution is -2.52. The molecule has 3 nitrogen and oxygen atoms in total. The molecule has 0 aliphatic rings. The van der Waals surface area contributed by atoms with Gasteiger partial charge in [-0.1, -0.05) is 0 Å². The molecule has 8 atom stereocenters. The van der Waals surface area contributed by atoms with Crippen molar-refractivity contribution in [2.45, 2.75) is 61.8 Å². The van der Waals surface area contributed by atoms with Gasteiger partial charge in [-0.2, -0.15) is 0 Å². The standard InChI is InChI=1S/C10H12F10O3/c11-1(3(13)5(15)7(17)9(19)20)2(12)4(14)6(16)8(18)10(21,22)23/h1-9,21-23H. The Morgan fingerprint density at radius 1 is 0.435 bits per heavy atom. The number of aliphatic hydroxyl groups is 3. The summed E-state index contributed by atoms with van der Waals surface area (Å²) in [7, 11) is 0. The van der Waals surface area contributed by atoms with Crippen molar-refractivity contribution in [2.24, 2.45) is 0 Å². The minimum Gasteiger partial charge on any atom is -0.341 e. The predicted octanol–water partition coefficient (Wildman–Crippen LogP) is 1.59. The minimum absolute atomic E-state index is 3.89. The molecule has 0 bridgehead atoms. The van der Waals surface area contributed by atoms with Gasteiger partial charge >= 0.3 is 5.97 Å². The quantitative estimate of drug-likeness (QED) is 0.427. The zero-order valence-electron chi connectivity index (χ0n) is 10.8. The summed E-state index contributed by atoms with van der Waals surface area (Å²) in [6.45, 7) is 0. The largest absolute Gasteiger partial charge is 0.341 e. The van der Waals surface area contributed by atoms with Crippen molar-refractivity contribution in [3.8, 4) is 0 Å². The van der Waals surface area contributed by atoms with Gasteiger partial charge in [0.2, 0.25) is 6.17 Å². The molecule has 0 aliphatic heterocycles. The van der Waals surface area contributed by atoms with Crippen LogP contribution in [0.15, 0.2) is 0 Å². The van der Waals surface area contributed by atoms with Gasteiger partial charge in [0.05, 0.1) is 0 Å². The van der Waals surface area contributed by atoms with E-state index in [1.54, 1.807) is 0 Å². The molecule has 13 heteroatoms. The minimum atomic E-state index is -4.49. The second kappa shape index (κ2) is 8.33. The maximum absolute atomic E-state index is 13.1. The smallest absolute Gasteiger partial charge is 0.311 e. The van der Waals surface area contributed by atoms with E-state index >= 15 is 0 Å². The van der Waals surface area contributed by atoms with Gasteiger partial charge in [-0.15, -0.1) is 0 Å². The molecule has 0 aromatic heterocycles. The summed E-state index contributed by atoms with van der Waals surface area (Å²) in [5, 5.41) is 24.6. The van der Waals surface area contributed by atoms with Gasteiger partial charge in [0.15, 0.2) is 43.2 Å². The van der Waals surface area contributed by atoms with Gasteiger partial charge in [-0.25, -0.2) is 43.9 Å². The second-order valence-corrected chi connectivity index (χ2v) is 4.53. The summed E-state index contributed by atoms with van der Waals surface area (Å²) >= 11 is 0. The number of hydrogen-bond acceptors (Lipinski definition) is 3. The number of hydrogen-bond donors (Lipinski definition) is 3. The van der Waals surface area contributed by atoms with Crippen molar-refractivity contribution >= 4 is 0 Å². The van der Waals surface area contributed by atoms with Crippen molar-refractivity contribution < 1.29 is 59.2 Å². The van der Waals surface area contributed by atoms with Crippen LogP contribution in [0.1, 0.15) is 0 Å². The van der Waals surface area contributed by atoms with Crippen molar-refractivity contribution in [3.63, 3.8) is 0 Å². The molecule has 0 aliphatic carbocycles. The van der Waals surface area contributed by atoms with Crippen LogP contribution in [-0.2, 0) is 0 Å². The van der Waals surface area contributed by atoms with Gasteiger partial charge in [0.1, 0.15) is 0 Å². The lowest BCUT2D eigenvalue weighted by atomic mass is 9.97. The van der Waals surface area contributed by atoms with Gasteiger partial charge in [0.25, 0.3) is 6.43 Å². The molecule has 0 aromatic rings. The fourth-order valence-electron chi connectivity index (χ4n) is 1.39.